The normalized spacial score (nSPS) is 10.9. The van der Waals surface area contributed by atoms with Crippen LogP contribution in [-0.4, -0.2) is 12.1 Å². The van der Waals surface area contributed by atoms with Crippen LogP contribution >= 0.6 is 23.2 Å². The number of rotatable bonds is 7. The fourth-order valence-corrected chi connectivity index (χ4v) is 1.92. The number of carbonyl (C=O) groups excluding carboxylic acids is 1. The fraction of sp³-hybridized carbons (Fsp3) is 0.429. The van der Waals surface area contributed by atoms with Gasteiger partial charge in [0.25, 0.3) is 0 Å². The van der Waals surface area contributed by atoms with Crippen molar-refractivity contribution in [1.29, 1.82) is 0 Å². The van der Waals surface area contributed by atoms with Crippen LogP contribution in [-0.2, 0) is 4.79 Å². The maximum Gasteiger partial charge on any atom is 0.240 e. The molecule has 0 spiro atoms. The third kappa shape index (κ3) is 6.08. The molecule has 0 aliphatic carbocycles. The topological polar surface area (TPSA) is 41.5 Å². The van der Waals surface area contributed by atoms with Crippen LogP contribution in [0.3, 0.4) is 0 Å². The highest BCUT2D eigenvalue weighted by Gasteiger charge is 2.02. The average Bonchev–Trinajstić information content (AvgIpc) is 2.40. The maximum absolute atomic E-state index is 11.5. The Morgan fingerprint density at radius 3 is 2.84 bits per heavy atom. The molecule has 0 aliphatic rings. The van der Waals surface area contributed by atoms with E-state index in [1.54, 1.807) is 18.2 Å². The number of hydrazone groups is 1. The number of nitrogens with one attached hydrogen (secondary N) is 1. The van der Waals surface area contributed by atoms with Gasteiger partial charge < -0.3 is 0 Å². The van der Waals surface area contributed by atoms with Crippen LogP contribution in [0.2, 0.25) is 10.0 Å². The Hall–Kier alpha value is -1.06. The molecule has 1 aromatic carbocycles. The van der Waals surface area contributed by atoms with Crippen molar-refractivity contribution >= 4 is 35.3 Å². The minimum absolute atomic E-state index is 0.0782. The number of hydrogen-bond acceptors (Lipinski definition) is 2. The Bertz CT molecular complexity index is 447. The first-order valence-electron chi connectivity index (χ1n) is 6.41. The molecule has 0 heterocycles. The quantitative estimate of drug-likeness (QED) is 0.452. The van der Waals surface area contributed by atoms with Gasteiger partial charge in [0, 0.05) is 12.0 Å². The minimum atomic E-state index is -0.0782. The molecule has 104 valence electrons. The van der Waals surface area contributed by atoms with Crippen LogP contribution in [0.1, 0.15) is 44.6 Å². The van der Waals surface area contributed by atoms with Gasteiger partial charge in [-0.15, -0.1) is 0 Å². The molecule has 0 unspecified atom stereocenters. The van der Waals surface area contributed by atoms with E-state index in [0.717, 1.165) is 25.7 Å². The van der Waals surface area contributed by atoms with E-state index in [4.69, 9.17) is 23.2 Å². The minimum Gasteiger partial charge on any atom is -0.273 e. The molecule has 5 heteroatoms. The summed E-state index contributed by atoms with van der Waals surface area (Å²) >= 11 is 11.9. The predicted molar refractivity (Wildman–Crippen MR) is 81.0 cm³/mol. The molecule has 0 aliphatic heterocycles. The summed E-state index contributed by atoms with van der Waals surface area (Å²) in [7, 11) is 0. The number of halogens is 2. The summed E-state index contributed by atoms with van der Waals surface area (Å²) in [4.78, 5) is 11.5. The summed E-state index contributed by atoms with van der Waals surface area (Å²) in [6.07, 6.45) is 6.29. The lowest BCUT2D eigenvalue weighted by Crippen LogP contribution is -2.16. The summed E-state index contributed by atoms with van der Waals surface area (Å²) in [6, 6.07) is 5.26. The summed E-state index contributed by atoms with van der Waals surface area (Å²) in [5.74, 6) is -0.0782. The van der Waals surface area contributed by atoms with E-state index in [9.17, 15) is 4.79 Å². The van der Waals surface area contributed by atoms with Gasteiger partial charge in [-0.25, -0.2) is 5.43 Å². The zero-order chi connectivity index (χ0) is 14.1. The standard InChI is InChI=1S/C14H18Cl2N2O/c1-2-3-4-5-9-13(19)18-17-10-11-7-6-8-12(15)14(11)16/h6-8,10H,2-5,9H2,1H3,(H,18,19). The van der Waals surface area contributed by atoms with Gasteiger partial charge in [0.05, 0.1) is 16.3 Å². The number of benzene rings is 1. The van der Waals surface area contributed by atoms with Crippen molar-refractivity contribution in [3.63, 3.8) is 0 Å². The molecule has 0 saturated carbocycles. The summed E-state index contributed by atoms with van der Waals surface area (Å²) in [5, 5.41) is 4.78. The molecule has 1 aromatic rings. The van der Waals surface area contributed by atoms with Gasteiger partial charge in [0.2, 0.25) is 5.91 Å². The number of unbranched alkanes of at least 4 members (excludes halogenated alkanes) is 3. The van der Waals surface area contributed by atoms with E-state index in [-0.39, 0.29) is 5.91 Å². The second-order valence-corrected chi connectivity index (χ2v) is 5.03. The van der Waals surface area contributed by atoms with Crippen LogP contribution in [0, 0.1) is 0 Å². The maximum atomic E-state index is 11.5. The summed E-state index contributed by atoms with van der Waals surface area (Å²) in [5.41, 5.74) is 3.16. The van der Waals surface area contributed by atoms with Crippen LogP contribution in [0.25, 0.3) is 0 Å². The highest BCUT2D eigenvalue weighted by atomic mass is 35.5. The van der Waals surface area contributed by atoms with Crippen LogP contribution in [0.15, 0.2) is 23.3 Å². The molecular formula is C14H18Cl2N2O. The molecule has 0 radical (unpaired) electrons. The largest absolute Gasteiger partial charge is 0.273 e. The van der Waals surface area contributed by atoms with E-state index in [1.807, 2.05) is 0 Å². The van der Waals surface area contributed by atoms with Crippen LogP contribution < -0.4 is 5.43 Å². The van der Waals surface area contributed by atoms with Gasteiger partial charge in [-0.3, -0.25) is 4.79 Å². The second-order valence-electron chi connectivity index (χ2n) is 4.25. The fourth-order valence-electron chi connectivity index (χ4n) is 1.56. The highest BCUT2D eigenvalue weighted by molar-refractivity contribution is 6.43. The van der Waals surface area contributed by atoms with E-state index >= 15 is 0 Å². The lowest BCUT2D eigenvalue weighted by Gasteiger charge is -2.01. The smallest absolute Gasteiger partial charge is 0.240 e. The van der Waals surface area contributed by atoms with Crippen molar-refractivity contribution < 1.29 is 4.79 Å². The molecule has 0 aromatic heterocycles. The second kappa shape index (κ2) is 8.94. The first-order valence-corrected chi connectivity index (χ1v) is 7.16. The van der Waals surface area contributed by atoms with Gasteiger partial charge in [-0.2, -0.15) is 5.10 Å². The summed E-state index contributed by atoms with van der Waals surface area (Å²) in [6.45, 7) is 2.14. The van der Waals surface area contributed by atoms with Crippen molar-refractivity contribution in [2.75, 3.05) is 0 Å². The monoisotopic (exact) mass is 300 g/mol. The molecule has 1 amide bonds. The van der Waals surface area contributed by atoms with Gasteiger partial charge in [0.15, 0.2) is 0 Å². The third-order valence-electron chi connectivity index (χ3n) is 2.63. The van der Waals surface area contributed by atoms with Crippen molar-refractivity contribution in [3.05, 3.63) is 33.8 Å². The highest BCUT2D eigenvalue weighted by Crippen LogP contribution is 2.23. The number of carbonyl (C=O) groups is 1. The molecule has 3 nitrogen and oxygen atoms in total. The first-order chi connectivity index (χ1) is 9.15. The Kier molecular flexibility index (Phi) is 7.53. The van der Waals surface area contributed by atoms with E-state index < -0.39 is 0 Å². The van der Waals surface area contributed by atoms with Crippen molar-refractivity contribution in [2.45, 2.75) is 39.0 Å². The van der Waals surface area contributed by atoms with Crippen LogP contribution in [0.5, 0.6) is 0 Å². The van der Waals surface area contributed by atoms with Gasteiger partial charge >= 0.3 is 0 Å². The molecule has 19 heavy (non-hydrogen) atoms. The summed E-state index contributed by atoms with van der Waals surface area (Å²) < 4.78 is 0. The zero-order valence-electron chi connectivity index (χ0n) is 11.0. The molecule has 1 N–H and O–H groups in total. The molecule has 0 saturated heterocycles. The lowest BCUT2D eigenvalue weighted by atomic mass is 10.1. The Morgan fingerprint density at radius 2 is 2.11 bits per heavy atom. The third-order valence-corrected chi connectivity index (χ3v) is 3.47. The van der Waals surface area contributed by atoms with E-state index in [2.05, 4.69) is 17.5 Å². The Balaban J connectivity index is 2.37. The van der Waals surface area contributed by atoms with Crippen LogP contribution in [0.4, 0.5) is 0 Å². The van der Waals surface area contributed by atoms with Gasteiger partial charge in [-0.05, 0) is 12.5 Å². The predicted octanol–water partition coefficient (Wildman–Crippen LogP) is 4.41. The van der Waals surface area contributed by atoms with Crippen molar-refractivity contribution in [2.24, 2.45) is 5.10 Å². The molecule has 0 fully saturated rings. The van der Waals surface area contributed by atoms with Gasteiger partial charge in [-0.1, -0.05) is 61.5 Å². The average molecular weight is 301 g/mol. The van der Waals surface area contributed by atoms with Crippen molar-refractivity contribution in [1.82, 2.24) is 5.43 Å². The number of nitrogens with zero attached hydrogens (tertiary/aromatic N) is 1. The molecule has 1 rings (SSSR count). The van der Waals surface area contributed by atoms with Crippen molar-refractivity contribution in [3.8, 4) is 0 Å². The Labute approximate surface area is 124 Å². The van der Waals surface area contributed by atoms with E-state index in [0.29, 0.717) is 22.0 Å². The number of hydrogen-bond donors (Lipinski definition) is 1. The Morgan fingerprint density at radius 1 is 1.32 bits per heavy atom. The first kappa shape index (κ1) is 16.0. The lowest BCUT2D eigenvalue weighted by molar-refractivity contribution is -0.121. The van der Waals surface area contributed by atoms with E-state index in [1.165, 1.54) is 6.21 Å². The molecule has 0 atom stereocenters. The number of amides is 1. The molecular weight excluding hydrogens is 283 g/mol. The van der Waals surface area contributed by atoms with Gasteiger partial charge in [0.1, 0.15) is 0 Å². The zero-order valence-corrected chi connectivity index (χ0v) is 12.5. The SMILES string of the molecule is CCCCCCC(=O)NN=Cc1cccc(Cl)c1Cl. The molecule has 0 bridgehead atoms.